The summed E-state index contributed by atoms with van der Waals surface area (Å²) in [6.45, 7) is 3.67. The topological polar surface area (TPSA) is 55.8 Å². The third-order valence-corrected chi connectivity index (χ3v) is 3.97. The molecule has 1 heterocycles. The predicted molar refractivity (Wildman–Crippen MR) is 88.0 cm³/mol. The van der Waals surface area contributed by atoms with Crippen molar-refractivity contribution in [2.24, 2.45) is 5.92 Å². The lowest BCUT2D eigenvalue weighted by Gasteiger charge is -2.29. The summed E-state index contributed by atoms with van der Waals surface area (Å²) in [5.74, 6) is 0.452. The molecule has 5 nitrogen and oxygen atoms in total. The van der Waals surface area contributed by atoms with Crippen LogP contribution in [-0.2, 0) is 14.3 Å². The quantitative estimate of drug-likeness (QED) is 0.618. The van der Waals surface area contributed by atoms with Crippen molar-refractivity contribution in [3.05, 3.63) is 35.9 Å². The normalized spacial score (nSPS) is 15.7. The Balaban J connectivity index is 1.94. The first kappa shape index (κ1) is 17.1. The van der Waals surface area contributed by atoms with Crippen LogP contribution in [0.1, 0.15) is 25.3 Å². The number of carbonyl (C=O) groups is 2. The van der Waals surface area contributed by atoms with Gasteiger partial charge in [0.25, 0.3) is 0 Å². The predicted octanol–water partition coefficient (Wildman–Crippen LogP) is 2.51. The van der Waals surface area contributed by atoms with Gasteiger partial charge in [0.15, 0.2) is 0 Å². The molecule has 0 radical (unpaired) electrons. The number of hydrogen-bond acceptors (Lipinski definition) is 4. The summed E-state index contributed by atoms with van der Waals surface area (Å²) >= 11 is 0. The number of nitrogens with zero attached hydrogens (tertiary/aromatic N) is 1. The molecule has 1 saturated heterocycles. The van der Waals surface area contributed by atoms with E-state index in [1.54, 1.807) is 17.1 Å². The monoisotopic (exact) mass is 317 g/mol. The van der Waals surface area contributed by atoms with Crippen LogP contribution in [0.3, 0.4) is 0 Å². The number of hydrogen-bond donors (Lipinski definition) is 0. The molecule has 0 aliphatic carbocycles. The van der Waals surface area contributed by atoms with Crippen molar-refractivity contribution in [3.63, 3.8) is 0 Å². The molecule has 1 aromatic carbocycles. The van der Waals surface area contributed by atoms with E-state index >= 15 is 0 Å². The van der Waals surface area contributed by atoms with Crippen molar-refractivity contribution in [2.75, 3.05) is 26.8 Å². The van der Waals surface area contributed by atoms with Crippen LogP contribution >= 0.6 is 0 Å². The fraction of sp³-hybridized carbons (Fsp3) is 0.444. The van der Waals surface area contributed by atoms with Crippen molar-refractivity contribution in [1.29, 1.82) is 0 Å². The Kier molecular flexibility index (Phi) is 6.20. The van der Waals surface area contributed by atoms with Crippen LogP contribution in [0.4, 0.5) is 0 Å². The number of likely N-dealkylation sites (tertiary alicyclic amines) is 1. The summed E-state index contributed by atoms with van der Waals surface area (Å²) in [5, 5.41) is 0. The first-order valence-corrected chi connectivity index (χ1v) is 7.92. The maximum absolute atomic E-state index is 12.3. The minimum atomic E-state index is -0.182. The maximum atomic E-state index is 12.3. The van der Waals surface area contributed by atoms with Gasteiger partial charge in [0.05, 0.1) is 19.6 Å². The fourth-order valence-electron chi connectivity index (χ4n) is 2.67. The molecule has 1 fully saturated rings. The first-order chi connectivity index (χ1) is 11.2. The zero-order chi connectivity index (χ0) is 16.7. The van der Waals surface area contributed by atoms with Crippen molar-refractivity contribution < 1.29 is 19.1 Å². The van der Waals surface area contributed by atoms with E-state index in [1.165, 1.54) is 7.11 Å². The molecule has 0 atom stereocenters. The van der Waals surface area contributed by atoms with Gasteiger partial charge in [-0.25, -0.2) is 0 Å². The Morgan fingerprint density at radius 2 is 1.96 bits per heavy atom. The molecule has 2 rings (SSSR count). The summed E-state index contributed by atoms with van der Waals surface area (Å²) in [6, 6.07) is 7.62. The summed E-state index contributed by atoms with van der Waals surface area (Å²) in [6.07, 6.45) is 4.65. The molecule has 5 heteroatoms. The second kappa shape index (κ2) is 8.36. The Morgan fingerprint density at radius 3 is 2.61 bits per heavy atom. The summed E-state index contributed by atoms with van der Waals surface area (Å²) in [4.78, 5) is 25.5. The fourth-order valence-corrected chi connectivity index (χ4v) is 2.67. The molecule has 0 N–H and O–H groups in total. The second-order valence-electron chi connectivity index (χ2n) is 5.43. The summed E-state index contributed by atoms with van der Waals surface area (Å²) in [7, 11) is 1.40. The van der Waals surface area contributed by atoms with E-state index in [0.29, 0.717) is 32.5 Å². The van der Waals surface area contributed by atoms with Gasteiger partial charge in [-0.3, -0.25) is 9.59 Å². The lowest BCUT2D eigenvalue weighted by molar-refractivity contribution is -0.148. The number of ether oxygens (including phenoxy) is 2. The zero-order valence-corrected chi connectivity index (χ0v) is 13.7. The van der Waals surface area contributed by atoms with Gasteiger partial charge in [0.1, 0.15) is 5.75 Å². The smallest absolute Gasteiger partial charge is 0.308 e. The lowest BCUT2D eigenvalue weighted by Crippen LogP contribution is -2.39. The van der Waals surface area contributed by atoms with Crippen LogP contribution in [0.5, 0.6) is 5.75 Å². The molecule has 124 valence electrons. The Bertz CT molecular complexity index is 574. The molecule has 0 saturated carbocycles. The standard InChI is InChI=1S/C18H23NO4/c1-3-23-16-7-5-4-6-14(16)8-9-17(20)19-12-10-15(11-13-19)18(21)22-2/h4-9,15H,3,10-13H2,1-2H3. The number of para-hydroxylation sites is 1. The number of piperidine rings is 1. The van der Waals surface area contributed by atoms with Crippen molar-refractivity contribution >= 4 is 18.0 Å². The van der Waals surface area contributed by atoms with Gasteiger partial charge in [-0.1, -0.05) is 18.2 Å². The van der Waals surface area contributed by atoms with E-state index in [0.717, 1.165) is 11.3 Å². The van der Waals surface area contributed by atoms with Gasteiger partial charge in [0.2, 0.25) is 5.91 Å². The number of esters is 1. The van der Waals surface area contributed by atoms with E-state index in [4.69, 9.17) is 9.47 Å². The zero-order valence-electron chi connectivity index (χ0n) is 13.7. The van der Waals surface area contributed by atoms with E-state index in [2.05, 4.69) is 0 Å². The largest absolute Gasteiger partial charge is 0.493 e. The van der Waals surface area contributed by atoms with Gasteiger partial charge in [-0.05, 0) is 31.9 Å². The van der Waals surface area contributed by atoms with Gasteiger partial charge < -0.3 is 14.4 Å². The van der Waals surface area contributed by atoms with Crippen molar-refractivity contribution in [3.8, 4) is 5.75 Å². The number of amides is 1. The van der Waals surface area contributed by atoms with Gasteiger partial charge in [-0.15, -0.1) is 0 Å². The molecule has 1 aromatic rings. The molecule has 0 aromatic heterocycles. The average molecular weight is 317 g/mol. The van der Waals surface area contributed by atoms with E-state index in [9.17, 15) is 9.59 Å². The molecule has 1 amide bonds. The minimum absolute atomic E-state index is 0.0420. The molecule has 23 heavy (non-hydrogen) atoms. The number of carbonyl (C=O) groups excluding carboxylic acids is 2. The molecular weight excluding hydrogens is 294 g/mol. The molecule has 0 bridgehead atoms. The average Bonchev–Trinajstić information content (AvgIpc) is 2.60. The van der Waals surface area contributed by atoms with Crippen LogP contribution in [0, 0.1) is 5.92 Å². The highest BCUT2D eigenvalue weighted by Crippen LogP contribution is 2.21. The molecule has 0 spiro atoms. The second-order valence-corrected chi connectivity index (χ2v) is 5.43. The minimum Gasteiger partial charge on any atom is -0.493 e. The maximum Gasteiger partial charge on any atom is 0.308 e. The third-order valence-electron chi connectivity index (χ3n) is 3.97. The van der Waals surface area contributed by atoms with Crippen LogP contribution in [0.2, 0.25) is 0 Å². The number of methoxy groups -OCH3 is 1. The summed E-state index contributed by atoms with van der Waals surface area (Å²) < 4.78 is 10.3. The molecule has 1 aliphatic heterocycles. The SMILES string of the molecule is CCOc1ccccc1C=CC(=O)N1CCC(C(=O)OC)CC1. The van der Waals surface area contributed by atoms with Crippen molar-refractivity contribution in [1.82, 2.24) is 4.90 Å². The van der Waals surface area contributed by atoms with E-state index in [1.807, 2.05) is 31.2 Å². The van der Waals surface area contributed by atoms with Crippen LogP contribution < -0.4 is 4.74 Å². The van der Waals surface area contributed by atoms with Crippen LogP contribution in [0.15, 0.2) is 30.3 Å². The highest BCUT2D eigenvalue weighted by Gasteiger charge is 2.26. The Hall–Kier alpha value is -2.30. The van der Waals surface area contributed by atoms with E-state index in [-0.39, 0.29) is 17.8 Å². The molecular formula is C18H23NO4. The van der Waals surface area contributed by atoms with Crippen molar-refractivity contribution in [2.45, 2.75) is 19.8 Å². The Morgan fingerprint density at radius 1 is 1.26 bits per heavy atom. The lowest BCUT2D eigenvalue weighted by atomic mass is 9.97. The van der Waals surface area contributed by atoms with Gasteiger partial charge in [0, 0.05) is 24.7 Å². The Labute approximate surface area is 136 Å². The van der Waals surface area contributed by atoms with Crippen LogP contribution in [0.25, 0.3) is 6.08 Å². The van der Waals surface area contributed by atoms with Crippen LogP contribution in [-0.4, -0.2) is 43.6 Å². The highest BCUT2D eigenvalue weighted by molar-refractivity contribution is 5.92. The van der Waals surface area contributed by atoms with Gasteiger partial charge >= 0.3 is 5.97 Å². The highest BCUT2D eigenvalue weighted by atomic mass is 16.5. The first-order valence-electron chi connectivity index (χ1n) is 7.92. The van der Waals surface area contributed by atoms with Gasteiger partial charge in [-0.2, -0.15) is 0 Å². The third kappa shape index (κ3) is 4.58. The van der Waals surface area contributed by atoms with E-state index < -0.39 is 0 Å². The molecule has 0 unspecified atom stereocenters. The summed E-state index contributed by atoms with van der Waals surface area (Å²) in [5.41, 5.74) is 0.882. The number of benzene rings is 1. The molecule has 1 aliphatic rings. The number of rotatable bonds is 5.